The zero-order chi connectivity index (χ0) is 16.1. The zero-order valence-electron chi connectivity index (χ0n) is 13.1. The molecule has 1 aliphatic carbocycles. The van der Waals surface area contributed by atoms with Crippen LogP contribution < -0.4 is 4.74 Å². The van der Waals surface area contributed by atoms with Crippen LogP contribution in [0.3, 0.4) is 0 Å². The van der Waals surface area contributed by atoms with E-state index in [9.17, 15) is 9.59 Å². The molecule has 120 valence electrons. The molecule has 1 aliphatic rings. The van der Waals surface area contributed by atoms with Crippen LogP contribution >= 0.6 is 0 Å². The van der Waals surface area contributed by atoms with Crippen LogP contribution in [-0.2, 0) is 16.0 Å². The molecule has 1 aromatic rings. The molecule has 1 unspecified atom stereocenters. The monoisotopic (exact) mass is 305 g/mol. The van der Waals surface area contributed by atoms with Gasteiger partial charge in [-0.3, -0.25) is 9.59 Å². The van der Waals surface area contributed by atoms with E-state index in [-0.39, 0.29) is 18.5 Å². The molecule has 0 aliphatic heterocycles. The van der Waals surface area contributed by atoms with Gasteiger partial charge in [-0.05, 0) is 37.5 Å². The van der Waals surface area contributed by atoms with Crippen molar-refractivity contribution in [2.75, 3.05) is 13.2 Å². The van der Waals surface area contributed by atoms with Gasteiger partial charge in [-0.1, -0.05) is 19.1 Å². The summed E-state index contributed by atoms with van der Waals surface area (Å²) in [6, 6.07) is 7.70. The molecule has 1 N–H and O–H groups in total. The number of carbonyl (C=O) groups is 2. The second kappa shape index (κ2) is 7.29. The molecule has 0 saturated heterocycles. The Morgan fingerprint density at radius 1 is 1.32 bits per heavy atom. The highest BCUT2D eigenvalue weighted by Gasteiger charge is 2.34. The Morgan fingerprint density at radius 3 is 2.45 bits per heavy atom. The summed E-state index contributed by atoms with van der Waals surface area (Å²) in [5.74, 6) is -0.610. The van der Waals surface area contributed by atoms with Gasteiger partial charge in [-0.25, -0.2) is 0 Å². The van der Waals surface area contributed by atoms with Crippen molar-refractivity contribution in [1.82, 2.24) is 4.90 Å². The molecular formula is C17H23NO4. The predicted octanol–water partition coefficient (Wildman–Crippen LogP) is 2.34. The van der Waals surface area contributed by atoms with Gasteiger partial charge in [0.2, 0.25) is 5.91 Å². The van der Waals surface area contributed by atoms with Crippen LogP contribution in [-0.4, -0.2) is 41.1 Å². The van der Waals surface area contributed by atoms with E-state index in [1.54, 1.807) is 11.8 Å². The molecule has 0 heterocycles. The van der Waals surface area contributed by atoms with Crippen LogP contribution in [0.1, 0.15) is 32.3 Å². The molecule has 0 aromatic heterocycles. The van der Waals surface area contributed by atoms with Gasteiger partial charge in [-0.2, -0.15) is 0 Å². The predicted molar refractivity (Wildman–Crippen MR) is 82.8 cm³/mol. The first-order chi connectivity index (χ1) is 10.5. The summed E-state index contributed by atoms with van der Waals surface area (Å²) >= 11 is 0. The molecule has 5 heteroatoms. The maximum atomic E-state index is 12.5. The van der Waals surface area contributed by atoms with Gasteiger partial charge in [0, 0.05) is 12.6 Å². The van der Waals surface area contributed by atoms with Crippen molar-refractivity contribution in [3.05, 3.63) is 29.8 Å². The summed E-state index contributed by atoms with van der Waals surface area (Å²) in [6.07, 6.45) is 2.25. The van der Waals surface area contributed by atoms with E-state index in [1.165, 1.54) is 0 Å². The summed E-state index contributed by atoms with van der Waals surface area (Å²) in [4.78, 5) is 25.2. The van der Waals surface area contributed by atoms with E-state index >= 15 is 0 Å². The van der Waals surface area contributed by atoms with Crippen LogP contribution in [0.2, 0.25) is 0 Å². The van der Waals surface area contributed by atoms with E-state index in [1.807, 2.05) is 31.2 Å². The number of amides is 1. The smallest absolute Gasteiger partial charge is 0.308 e. The number of hydrogen-bond donors (Lipinski definition) is 1. The largest absolute Gasteiger partial charge is 0.494 e. The number of benzene rings is 1. The van der Waals surface area contributed by atoms with Gasteiger partial charge in [0.05, 0.1) is 18.9 Å². The molecule has 1 saturated carbocycles. The highest BCUT2D eigenvalue weighted by Crippen LogP contribution is 2.28. The van der Waals surface area contributed by atoms with Gasteiger partial charge >= 0.3 is 5.97 Å². The lowest BCUT2D eigenvalue weighted by atomic mass is 10.1. The summed E-state index contributed by atoms with van der Waals surface area (Å²) < 4.78 is 5.38. The van der Waals surface area contributed by atoms with Crippen molar-refractivity contribution >= 4 is 11.9 Å². The van der Waals surface area contributed by atoms with E-state index in [0.717, 1.165) is 24.2 Å². The first-order valence-electron chi connectivity index (χ1n) is 7.75. The fourth-order valence-corrected chi connectivity index (χ4v) is 2.36. The Bertz CT molecular complexity index is 522. The van der Waals surface area contributed by atoms with Gasteiger partial charge < -0.3 is 14.7 Å². The van der Waals surface area contributed by atoms with Crippen molar-refractivity contribution in [2.24, 2.45) is 5.92 Å². The van der Waals surface area contributed by atoms with Crippen LogP contribution in [0.15, 0.2) is 24.3 Å². The van der Waals surface area contributed by atoms with Gasteiger partial charge in [0.15, 0.2) is 0 Å². The Hall–Kier alpha value is -2.04. The molecule has 2 rings (SSSR count). The quantitative estimate of drug-likeness (QED) is 0.800. The highest BCUT2D eigenvalue weighted by atomic mass is 16.5. The van der Waals surface area contributed by atoms with E-state index in [0.29, 0.717) is 13.0 Å². The molecule has 1 amide bonds. The van der Waals surface area contributed by atoms with Crippen molar-refractivity contribution < 1.29 is 19.4 Å². The van der Waals surface area contributed by atoms with Crippen LogP contribution in [0.25, 0.3) is 0 Å². The Balaban J connectivity index is 1.97. The molecule has 1 fully saturated rings. The normalized spacial score (nSPS) is 15.2. The third kappa shape index (κ3) is 4.48. The summed E-state index contributed by atoms with van der Waals surface area (Å²) in [6.45, 7) is 4.47. The molecule has 1 atom stereocenters. The number of carboxylic acid groups (broad SMARTS) is 1. The average molecular weight is 305 g/mol. The topological polar surface area (TPSA) is 66.8 Å². The highest BCUT2D eigenvalue weighted by molar-refractivity contribution is 5.80. The molecule has 0 bridgehead atoms. The van der Waals surface area contributed by atoms with E-state index < -0.39 is 11.9 Å². The van der Waals surface area contributed by atoms with Crippen LogP contribution in [0.5, 0.6) is 5.75 Å². The minimum atomic E-state index is -0.862. The van der Waals surface area contributed by atoms with Crippen molar-refractivity contribution in [2.45, 2.75) is 39.2 Å². The Labute approximate surface area is 130 Å². The number of aliphatic carboxylic acids is 1. The Morgan fingerprint density at radius 2 is 1.95 bits per heavy atom. The summed E-state index contributed by atoms with van der Waals surface area (Å²) in [7, 11) is 0. The third-order valence-electron chi connectivity index (χ3n) is 3.79. The van der Waals surface area contributed by atoms with Crippen LogP contribution in [0, 0.1) is 5.92 Å². The number of nitrogens with zero attached hydrogens (tertiary/aromatic N) is 1. The number of carbonyl (C=O) groups excluding carboxylic acids is 1. The minimum absolute atomic E-state index is 0.000222. The van der Waals surface area contributed by atoms with Gasteiger partial charge in [-0.15, -0.1) is 0 Å². The SMILES string of the molecule is CCOc1ccc(CC(=O)N(CC(C)C(=O)O)C2CC2)cc1. The molecule has 22 heavy (non-hydrogen) atoms. The number of ether oxygens (including phenoxy) is 1. The first-order valence-corrected chi connectivity index (χ1v) is 7.75. The number of hydrogen-bond acceptors (Lipinski definition) is 3. The lowest BCUT2D eigenvalue weighted by molar-refractivity contribution is -0.143. The van der Waals surface area contributed by atoms with Crippen LogP contribution in [0.4, 0.5) is 0 Å². The van der Waals surface area contributed by atoms with E-state index in [2.05, 4.69) is 0 Å². The molecule has 1 aromatic carbocycles. The maximum Gasteiger partial charge on any atom is 0.308 e. The zero-order valence-corrected chi connectivity index (χ0v) is 13.1. The molecule has 0 spiro atoms. The minimum Gasteiger partial charge on any atom is -0.494 e. The summed E-state index contributed by atoms with van der Waals surface area (Å²) in [5, 5.41) is 9.03. The molecule has 5 nitrogen and oxygen atoms in total. The summed E-state index contributed by atoms with van der Waals surface area (Å²) in [5.41, 5.74) is 0.919. The van der Waals surface area contributed by atoms with Gasteiger partial charge in [0.25, 0.3) is 0 Å². The lowest BCUT2D eigenvalue weighted by Gasteiger charge is -2.24. The van der Waals surface area contributed by atoms with E-state index in [4.69, 9.17) is 9.84 Å². The molecular weight excluding hydrogens is 282 g/mol. The fourth-order valence-electron chi connectivity index (χ4n) is 2.36. The third-order valence-corrected chi connectivity index (χ3v) is 3.79. The van der Waals surface area contributed by atoms with Crippen molar-refractivity contribution in [3.63, 3.8) is 0 Å². The second-order valence-electron chi connectivity index (χ2n) is 5.77. The Kier molecular flexibility index (Phi) is 5.41. The number of carboxylic acids is 1. The van der Waals surface area contributed by atoms with Crippen molar-refractivity contribution in [3.8, 4) is 5.75 Å². The average Bonchev–Trinajstić information content (AvgIpc) is 3.31. The maximum absolute atomic E-state index is 12.5. The van der Waals surface area contributed by atoms with Gasteiger partial charge in [0.1, 0.15) is 5.75 Å². The second-order valence-corrected chi connectivity index (χ2v) is 5.77. The standard InChI is InChI=1S/C17H23NO4/c1-3-22-15-8-4-13(5-9-15)10-16(19)18(14-6-7-14)11-12(2)17(20)21/h4-5,8-9,12,14H,3,6-7,10-11H2,1-2H3,(H,20,21). The molecule has 0 radical (unpaired) electrons. The van der Waals surface area contributed by atoms with Crippen molar-refractivity contribution in [1.29, 1.82) is 0 Å². The fraction of sp³-hybridized carbons (Fsp3) is 0.529. The number of rotatable bonds is 8. The lowest BCUT2D eigenvalue weighted by Crippen LogP contribution is -2.39. The first kappa shape index (κ1) is 16.3.